The summed E-state index contributed by atoms with van der Waals surface area (Å²) in [7, 11) is -2.47. The Morgan fingerprint density at radius 3 is 2.26 bits per heavy atom. The van der Waals surface area contributed by atoms with Crippen LogP contribution < -0.4 is 14.9 Å². The number of benzene rings is 2. The third-order valence-corrected chi connectivity index (χ3v) is 6.09. The summed E-state index contributed by atoms with van der Waals surface area (Å²) < 4.78 is 38.5. The SMILES string of the molecule is CCOc1ccc2c(c1)c(=O)c(S(=O)(=O)c1ccc(OC)cc1)cn2CC. The van der Waals surface area contributed by atoms with Crippen molar-refractivity contribution in [1.82, 2.24) is 4.57 Å². The van der Waals surface area contributed by atoms with Gasteiger partial charge in [-0.3, -0.25) is 4.79 Å². The fourth-order valence-corrected chi connectivity index (χ4v) is 4.31. The predicted octanol–water partition coefficient (Wildman–Crippen LogP) is 3.26. The molecule has 0 N–H and O–H groups in total. The topological polar surface area (TPSA) is 74.6 Å². The van der Waals surface area contributed by atoms with Gasteiger partial charge in [0.05, 0.1) is 29.5 Å². The number of hydrogen-bond donors (Lipinski definition) is 0. The number of sulfone groups is 1. The van der Waals surface area contributed by atoms with Gasteiger partial charge >= 0.3 is 0 Å². The third kappa shape index (κ3) is 3.42. The zero-order valence-electron chi connectivity index (χ0n) is 15.4. The van der Waals surface area contributed by atoms with Crippen LogP contribution in [-0.2, 0) is 16.4 Å². The highest BCUT2D eigenvalue weighted by Crippen LogP contribution is 2.25. The van der Waals surface area contributed by atoms with E-state index < -0.39 is 15.3 Å². The number of pyridine rings is 1. The molecule has 1 heterocycles. The molecule has 0 atom stereocenters. The van der Waals surface area contributed by atoms with E-state index >= 15 is 0 Å². The molecule has 0 saturated heterocycles. The molecule has 0 saturated carbocycles. The molecule has 0 bridgehead atoms. The molecule has 0 aliphatic carbocycles. The molecule has 0 unspecified atom stereocenters. The molecule has 3 aromatic rings. The van der Waals surface area contributed by atoms with Crippen LogP contribution in [0.2, 0.25) is 0 Å². The fourth-order valence-electron chi connectivity index (χ4n) is 2.94. The Bertz CT molecular complexity index is 1130. The highest BCUT2D eigenvalue weighted by Gasteiger charge is 2.24. The van der Waals surface area contributed by atoms with E-state index in [1.807, 2.05) is 13.8 Å². The maximum atomic E-state index is 13.1. The third-order valence-electron chi connectivity index (χ3n) is 4.33. The van der Waals surface area contributed by atoms with Crippen molar-refractivity contribution in [3.8, 4) is 11.5 Å². The normalized spacial score (nSPS) is 11.5. The number of aryl methyl sites for hydroxylation is 1. The van der Waals surface area contributed by atoms with Gasteiger partial charge in [-0.1, -0.05) is 0 Å². The lowest BCUT2D eigenvalue weighted by Crippen LogP contribution is -2.19. The first-order valence-corrected chi connectivity index (χ1v) is 10.1. The lowest BCUT2D eigenvalue weighted by atomic mass is 10.2. The van der Waals surface area contributed by atoms with Gasteiger partial charge in [-0.15, -0.1) is 0 Å². The summed E-state index contributed by atoms with van der Waals surface area (Å²) in [6, 6.07) is 11.1. The van der Waals surface area contributed by atoms with Crippen LogP contribution in [0.15, 0.2) is 63.2 Å². The second-order valence-corrected chi connectivity index (χ2v) is 7.82. The predicted molar refractivity (Wildman–Crippen MR) is 103 cm³/mol. The Morgan fingerprint density at radius 2 is 1.67 bits per heavy atom. The zero-order valence-corrected chi connectivity index (χ0v) is 16.2. The Hall–Kier alpha value is -2.80. The first-order chi connectivity index (χ1) is 12.9. The lowest BCUT2D eigenvalue weighted by Gasteiger charge is -2.13. The molecular formula is C20H21NO5S. The second-order valence-electron chi connectivity index (χ2n) is 5.90. The van der Waals surface area contributed by atoms with Crippen molar-refractivity contribution in [3.05, 3.63) is 58.9 Å². The van der Waals surface area contributed by atoms with Crippen molar-refractivity contribution >= 4 is 20.7 Å². The molecule has 0 aliphatic rings. The van der Waals surface area contributed by atoms with E-state index in [0.29, 0.717) is 35.6 Å². The van der Waals surface area contributed by atoms with Crippen LogP contribution in [-0.4, -0.2) is 26.7 Å². The molecule has 2 aromatic carbocycles. The minimum absolute atomic E-state index is 0.0448. The molecule has 0 spiro atoms. The van der Waals surface area contributed by atoms with Gasteiger partial charge in [-0.2, -0.15) is 0 Å². The largest absolute Gasteiger partial charge is 0.497 e. The smallest absolute Gasteiger partial charge is 0.211 e. The van der Waals surface area contributed by atoms with Crippen molar-refractivity contribution in [2.45, 2.75) is 30.2 Å². The number of hydrogen-bond acceptors (Lipinski definition) is 5. The molecule has 142 valence electrons. The lowest BCUT2D eigenvalue weighted by molar-refractivity contribution is 0.340. The van der Waals surface area contributed by atoms with Gasteiger partial charge in [0.1, 0.15) is 16.4 Å². The summed E-state index contributed by atoms with van der Waals surface area (Å²) in [5, 5.41) is 0.317. The first kappa shape index (κ1) is 19.0. The quantitative estimate of drug-likeness (QED) is 0.649. The Balaban J connectivity index is 2.26. The highest BCUT2D eigenvalue weighted by atomic mass is 32.2. The standard InChI is InChI=1S/C20H21NO5S/c1-4-21-13-19(27(23,24)16-9-6-14(25-3)7-10-16)20(22)17-12-15(26-5-2)8-11-18(17)21/h6-13H,4-5H2,1-3H3. The van der Waals surface area contributed by atoms with Gasteiger partial charge in [-0.05, 0) is 56.3 Å². The number of ether oxygens (including phenoxy) is 2. The van der Waals surface area contributed by atoms with Crippen LogP contribution in [0.4, 0.5) is 0 Å². The maximum absolute atomic E-state index is 13.1. The number of methoxy groups -OCH3 is 1. The summed E-state index contributed by atoms with van der Waals surface area (Å²) in [6.07, 6.45) is 1.41. The van der Waals surface area contributed by atoms with E-state index in [0.717, 1.165) is 0 Å². The molecule has 0 fully saturated rings. The summed E-state index contributed by atoms with van der Waals surface area (Å²) in [6.45, 7) is 4.72. The summed E-state index contributed by atoms with van der Waals surface area (Å²) in [5.41, 5.74) is 0.131. The van der Waals surface area contributed by atoms with E-state index in [1.165, 1.54) is 25.4 Å². The fraction of sp³-hybridized carbons (Fsp3) is 0.250. The molecule has 0 amide bonds. The minimum atomic E-state index is -3.97. The van der Waals surface area contributed by atoms with Crippen LogP contribution in [0.3, 0.4) is 0 Å². The number of nitrogens with zero attached hydrogens (tertiary/aromatic N) is 1. The van der Waals surface area contributed by atoms with Crippen LogP contribution >= 0.6 is 0 Å². The summed E-state index contributed by atoms with van der Waals surface area (Å²) in [5.74, 6) is 1.07. The van der Waals surface area contributed by atoms with Crippen molar-refractivity contribution in [2.24, 2.45) is 0 Å². The van der Waals surface area contributed by atoms with Gasteiger partial charge in [0.2, 0.25) is 15.3 Å². The zero-order chi connectivity index (χ0) is 19.6. The number of fused-ring (bicyclic) bond motifs is 1. The van der Waals surface area contributed by atoms with E-state index in [9.17, 15) is 13.2 Å². The Morgan fingerprint density at radius 1 is 1.00 bits per heavy atom. The van der Waals surface area contributed by atoms with Gasteiger partial charge < -0.3 is 14.0 Å². The van der Waals surface area contributed by atoms with Crippen molar-refractivity contribution in [2.75, 3.05) is 13.7 Å². The van der Waals surface area contributed by atoms with Crippen LogP contribution in [0.1, 0.15) is 13.8 Å². The average molecular weight is 387 g/mol. The molecule has 0 radical (unpaired) electrons. The second kappa shape index (κ2) is 7.44. The molecule has 0 aliphatic heterocycles. The summed E-state index contributed by atoms with van der Waals surface area (Å²) in [4.78, 5) is 12.8. The highest BCUT2D eigenvalue weighted by molar-refractivity contribution is 7.91. The van der Waals surface area contributed by atoms with Crippen LogP contribution in [0, 0.1) is 0 Å². The van der Waals surface area contributed by atoms with E-state index in [2.05, 4.69) is 0 Å². The molecule has 3 rings (SSSR count). The maximum Gasteiger partial charge on any atom is 0.211 e. The number of aromatic nitrogens is 1. The van der Waals surface area contributed by atoms with Crippen molar-refractivity contribution in [1.29, 1.82) is 0 Å². The molecule has 7 heteroatoms. The monoisotopic (exact) mass is 387 g/mol. The van der Waals surface area contributed by atoms with Crippen LogP contribution in [0.25, 0.3) is 10.9 Å². The van der Waals surface area contributed by atoms with Crippen LogP contribution in [0.5, 0.6) is 11.5 Å². The van der Waals surface area contributed by atoms with Crippen molar-refractivity contribution < 1.29 is 17.9 Å². The Labute approximate surface area is 157 Å². The van der Waals surface area contributed by atoms with Gasteiger partial charge in [0, 0.05) is 12.7 Å². The van der Waals surface area contributed by atoms with E-state index in [1.54, 1.807) is 34.9 Å². The minimum Gasteiger partial charge on any atom is -0.497 e. The number of rotatable bonds is 6. The Kier molecular flexibility index (Phi) is 5.23. The molecule has 6 nitrogen and oxygen atoms in total. The van der Waals surface area contributed by atoms with E-state index in [4.69, 9.17) is 9.47 Å². The molecule has 1 aromatic heterocycles. The average Bonchev–Trinajstić information content (AvgIpc) is 2.68. The van der Waals surface area contributed by atoms with Gasteiger partial charge in [0.25, 0.3) is 0 Å². The summed E-state index contributed by atoms with van der Waals surface area (Å²) >= 11 is 0. The van der Waals surface area contributed by atoms with Gasteiger partial charge in [-0.25, -0.2) is 8.42 Å². The van der Waals surface area contributed by atoms with Gasteiger partial charge in [0.15, 0.2) is 0 Å². The van der Waals surface area contributed by atoms with E-state index in [-0.39, 0.29) is 9.79 Å². The molecular weight excluding hydrogens is 366 g/mol. The van der Waals surface area contributed by atoms with Crippen molar-refractivity contribution in [3.63, 3.8) is 0 Å². The molecule has 27 heavy (non-hydrogen) atoms. The first-order valence-electron chi connectivity index (χ1n) is 8.61.